The first-order chi connectivity index (χ1) is 16.7. The molecule has 0 aliphatic heterocycles. The maximum atomic E-state index is 12.7. The molecule has 6 nitrogen and oxygen atoms in total. The van der Waals surface area contributed by atoms with E-state index in [4.69, 9.17) is 0 Å². The fraction of sp³-hybridized carbons (Fsp3) is 0.429. The van der Waals surface area contributed by atoms with E-state index in [9.17, 15) is 14.7 Å². The fourth-order valence-electron chi connectivity index (χ4n) is 5.29. The molecule has 7 heteroatoms. The van der Waals surface area contributed by atoms with Gasteiger partial charge in [0.15, 0.2) is 0 Å². The Morgan fingerprint density at radius 2 is 1.66 bits per heavy atom. The van der Waals surface area contributed by atoms with Crippen molar-refractivity contribution in [3.8, 4) is 0 Å². The lowest BCUT2D eigenvalue weighted by Gasteiger charge is -2.38. The molecule has 1 aliphatic rings. The lowest BCUT2D eigenvalue weighted by molar-refractivity contribution is -0.149. The van der Waals surface area contributed by atoms with Gasteiger partial charge in [0.2, 0.25) is 5.13 Å². The zero-order chi connectivity index (χ0) is 25.0. The first kappa shape index (κ1) is 25.0. The molecule has 184 valence electrons. The van der Waals surface area contributed by atoms with Gasteiger partial charge in [-0.15, -0.1) is 10.2 Å². The molecule has 0 spiro atoms. The molecular weight excluding hydrogens is 458 g/mol. The van der Waals surface area contributed by atoms with Crippen LogP contribution in [0.25, 0.3) is 0 Å². The van der Waals surface area contributed by atoms with E-state index in [1.165, 1.54) is 16.9 Å². The van der Waals surface area contributed by atoms with Crippen molar-refractivity contribution in [3.05, 3.63) is 76.3 Å². The number of carbonyl (C=O) groups is 2. The molecule has 1 unspecified atom stereocenters. The van der Waals surface area contributed by atoms with Gasteiger partial charge in [-0.05, 0) is 66.2 Å². The Kier molecular flexibility index (Phi) is 7.65. The quantitative estimate of drug-likeness (QED) is 0.399. The summed E-state index contributed by atoms with van der Waals surface area (Å²) in [6.45, 7) is 6.06. The number of amides is 1. The molecule has 2 aromatic carbocycles. The van der Waals surface area contributed by atoms with Crippen molar-refractivity contribution in [2.45, 2.75) is 58.8 Å². The standard InChI is InChI=1S/C28H33N3O3S/c1-28(2,3)24(26(33)34)21-13-9-19(10-14-21)20-11-15-22(16-12-20)25(32)29-27-31-30-23(35-27)17-18-7-5-4-6-8-18/h4-8,11-12,15-16,19,21,24H,9-10,13-14,17H2,1-3H3,(H,33,34)(H,29,31,32). The Labute approximate surface area is 210 Å². The minimum absolute atomic E-state index is 0.197. The van der Waals surface area contributed by atoms with E-state index in [1.54, 1.807) is 0 Å². The van der Waals surface area contributed by atoms with E-state index in [-0.39, 0.29) is 23.2 Å². The molecular formula is C28H33N3O3S. The fourth-order valence-corrected chi connectivity index (χ4v) is 6.06. The lowest BCUT2D eigenvalue weighted by atomic mass is 9.66. The second-order valence-electron chi connectivity index (χ2n) is 10.5. The third-order valence-corrected chi connectivity index (χ3v) is 7.81. The van der Waals surface area contributed by atoms with E-state index >= 15 is 0 Å². The molecule has 1 amide bonds. The van der Waals surface area contributed by atoms with Crippen LogP contribution < -0.4 is 5.32 Å². The molecule has 35 heavy (non-hydrogen) atoms. The summed E-state index contributed by atoms with van der Waals surface area (Å²) in [5.41, 5.74) is 2.71. The van der Waals surface area contributed by atoms with Gasteiger partial charge in [0, 0.05) is 12.0 Å². The second kappa shape index (κ2) is 10.7. The summed E-state index contributed by atoms with van der Waals surface area (Å²) in [6.07, 6.45) is 4.48. The smallest absolute Gasteiger partial charge is 0.307 e. The molecule has 1 saturated carbocycles. The summed E-state index contributed by atoms with van der Waals surface area (Å²) in [7, 11) is 0. The number of carboxylic acid groups (broad SMARTS) is 1. The first-order valence-electron chi connectivity index (χ1n) is 12.2. The summed E-state index contributed by atoms with van der Waals surface area (Å²) < 4.78 is 0. The number of rotatable bonds is 7. The molecule has 3 aromatic rings. The number of anilines is 1. The normalized spacial score (nSPS) is 19.2. The predicted octanol–water partition coefficient (Wildman–Crippen LogP) is 6.40. The molecule has 1 aromatic heterocycles. The topological polar surface area (TPSA) is 92.2 Å². The van der Waals surface area contributed by atoms with Gasteiger partial charge in [0.05, 0.1) is 5.92 Å². The Balaban J connectivity index is 1.32. The van der Waals surface area contributed by atoms with Crippen molar-refractivity contribution >= 4 is 28.3 Å². The number of hydrogen-bond donors (Lipinski definition) is 2. The summed E-state index contributed by atoms with van der Waals surface area (Å²) in [5, 5.41) is 22.3. The van der Waals surface area contributed by atoms with Crippen molar-refractivity contribution in [2.24, 2.45) is 17.3 Å². The number of aromatic nitrogens is 2. The second-order valence-corrected chi connectivity index (χ2v) is 11.6. The van der Waals surface area contributed by atoms with Gasteiger partial charge in [-0.25, -0.2) is 0 Å². The Morgan fingerprint density at radius 3 is 2.26 bits per heavy atom. The number of aliphatic carboxylic acids is 1. The van der Waals surface area contributed by atoms with Crippen molar-refractivity contribution in [2.75, 3.05) is 5.32 Å². The summed E-state index contributed by atoms with van der Waals surface area (Å²) >= 11 is 1.39. The highest BCUT2D eigenvalue weighted by atomic mass is 32.1. The Morgan fingerprint density at radius 1 is 1.00 bits per heavy atom. The largest absolute Gasteiger partial charge is 0.481 e. The lowest BCUT2D eigenvalue weighted by Crippen LogP contribution is -2.36. The minimum atomic E-state index is -0.682. The van der Waals surface area contributed by atoms with Crippen LogP contribution in [0.2, 0.25) is 0 Å². The van der Waals surface area contributed by atoms with Crippen LogP contribution in [0.3, 0.4) is 0 Å². The SMILES string of the molecule is CC(C)(C)C(C(=O)O)C1CCC(c2ccc(C(=O)Nc3nnc(Cc4ccccc4)s3)cc2)CC1. The molecule has 0 bridgehead atoms. The van der Waals surface area contributed by atoms with Crippen LogP contribution in [0.5, 0.6) is 0 Å². The average Bonchev–Trinajstić information content (AvgIpc) is 3.25. The van der Waals surface area contributed by atoms with E-state index < -0.39 is 5.97 Å². The molecule has 1 aliphatic carbocycles. The minimum Gasteiger partial charge on any atom is -0.481 e. The van der Waals surface area contributed by atoms with Gasteiger partial charge in [-0.2, -0.15) is 0 Å². The molecule has 0 radical (unpaired) electrons. The summed E-state index contributed by atoms with van der Waals surface area (Å²) in [6, 6.07) is 17.8. The first-order valence-corrected chi connectivity index (χ1v) is 13.0. The van der Waals surface area contributed by atoms with Crippen molar-refractivity contribution < 1.29 is 14.7 Å². The van der Waals surface area contributed by atoms with Gasteiger partial charge in [-0.1, -0.05) is 74.6 Å². The summed E-state index contributed by atoms with van der Waals surface area (Å²) in [5.74, 6) is -0.576. The van der Waals surface area contributed by atoms with Crippen LogP contribution in [-0.4, -0.2) is 27.2 Å². The number of hydrogen-bond acceptors (Lipinski definition) is 5. The number of carboxylic acids is 1. The van der Waals surface area contributed by atoms with Crippen molar-refractivity contribution in [1.82, 2.24) is 10.2 Å². The van der Waals surface area contributed by atoms with Gasteiger partial charge >= 0.3 is 5.97 Å². The molecule has 1 heterocycles. The van der Waals surface area contributed by atoms with Gasteiger partial charge < -0.3 is 5.11 Å². The zero-order valence-corrected chi connectivity index (χ0v) is 21.3. The van der Waals surface area contributed by atoms with Crippen LogP contribution >= 0.6 is 11.3 Å². The average molecular weight is 492 g/mol. The molecule has 2 N–H and O–H groups in total. The number of nitrogens with one attached hydrogen (secondary N) is 1. The van der Waals surface area contributed by atoms with Crippen LogP contribution in [0.1, 0.15) is 78.9 Å². The molecule has 0 saturated heterocycles. The number of benzene rings is 2. The Bertz CT molecular complexity index is 1140. The van der Waals surface area contributed by atoms with Gasteiger partial charge in [0.25, 0.3) is 5.91 Å². The Hall–Kier alpha value is -3.06. The van der Waals surface area contributed by atoms with Crippen LogP contribution in [-0.2, 0) is 11.2 Å². The maximum Gasteiger partial charge on any atom is 0.307 e. The number of carbonyl (C=O) groups excluding carboxylic acids is 1. The molecule has 1 fully saturated rings. The van der Waals surface area contributed by atoms with E-state index in [2.05, 4.69) is 15.5 Å². The summed E-state index contributed by atoms with van der Waals surface area (Å²) in [4.78, 5) is 24.6. The van der Waals surface area contributed by atoms with Crippen LogP contribution in [0.4, 0.5) is 5.13 Å². The van der Waals surface area contributed by atoms with Crippen LogP contribution in [0, 0.1) is 17.3 Å². The van der Waals surface area contributed by atoms with Gasteiger partial charge in [0.1, 0.15) is 5.01 Å². The third-order valence-electron chi connectivity index (χ3n) is 6.97. The molecule has 4 rings (SSSR count). The van der Waals surface area contributed by atoms with Crippen molar-refractivity contribution in [1.29, 1.82) is 0 Å². The maximum absolute atomic E-state index is 12.7. The highest BCUT2D eigenvalue weighted by Crippen LogP contribution is 2.44. The van der Waals surface area contributed by atoms with E-state index in [0.29, 0.717) is 23.0 Å². The molecule has 1 atom stereocenters. The number of nitrogens with zero attached hydrogens (tertiary/aromatic N) is 2. The van der Waals surface area contributed by atoms with Crippen LogP contribution in [0.15, 0.2) is 54.6 Å². The third kappa shape index (κ3) is 6.34. The highest BCUT2D eigenvalue weighted by Gasteiger charge is 2.39. The van der Waals surface area contributed by atoms with E-state index in [1.807, 2.05) is 75.4 Å². The predicted molar refractivity (Wildman–Crippen MR) is 139 cm³/mol. The zero-order valence-electron chi connectivity index (χ0n) is 20.5. The van der Waals surface area contributed by atoms with Gasteiger partial charge in [-0.3, -0.25) is 14.9 Å². The monoisotopic (exact) mass is 491 g/mol. The highest BCUT2D eigenvalue weighted by molar-refractivity contribution is 7.15. The van der Waals surface area contributed by atoms with Crippen molar-refractivity contribution in [3.63, 3.8) is 0 Å². The van der Waals surface area contributed by atoms with E-state index in [0.717, 1.165) is 36.3 Å².